The van der Waals surface area contributed by atoms with Crippen molar-refractivity contribution in [2.75, 3.05) is 25.3 Å². The molecule has 24 heavy (non-hydrogen) atoms. The van der Waals surface area contributed by atoms with E-state index in [1.807, 2.05) is 20.0 Å². The molecule has 0 bridgehead atoms. The standard InChI is InChI=1S/C17H20N4S.C2H6/c1-12-15(11-13-5-7-14(22-4)8-6-13)16(20(2)3)21-10-9-18-17(21)19-12;1-2/h5-10H,11H2,1-4H3;1-2H3. The molecule has 1 aromatic carbocycles. The predicted molar refractivity (Wildman–Crippen MR) is 104 cm³/mol. The van der Waals surface area contributed by atoms with Crippen molar-refractivity contribution in [2.24, 2.45) is 0 Å². The van der Waals surface area contributed by atoms with Crippen molar-refractivity contribution in [1.29, 1.82) is 0 Å². The molecule has 0 radical (unpaired) electrons. The quantitative estimate of drug-likeness (QED) is 0.656. The lowest BCUT2D eigenvalue weighted by Gasteiger charge is -2.20. The van der Waals surface area contributed by atoms with E-state index in [0.29, 0.717) is 0 Å². The topological polar surface area (TPSA) is 33.4 Å². The first-order valence-electron chi connectivity index (χ1n) is 8.23. The average Bonchev–Trinajstić information content (AvgIpc) is 3.05. The monoisotopic (exact) mass is 342 g/mol. The van der Waals surface area contributed by atoms with E-state index >= 15 is 0 Å². The van der Waals surface area contributed by atoms with Crippen molar-refractivity contribution in [3.05, 3.63) is 53.5 Å². The van der Waals surface area contributed by atoms with Crippen LogP contribution in [0.3, 0.4) is 0 Å². The number of hydrogen-bond acceptors (Lipinski definition) is 4. The highest BCUT2D eigenvalue weighted by molar-refractivity contribution is 7.98. The van der Waals surface area contributed by atoms with Gasteiger partial charge in [-0.15, -0.1) is 11.8 Å². The Hall–Kier alpha value is -2.01. The smallest absolute Gasteiger partial charge is 0.235 e. The summed E-state index contributed by atoms with van der Waals surface area (Å²) < 4.78 is 2.05. The van der Waals surface area contributed by atoms with E-state index in [4.69, 9.17) is 0 Å². The normalized spacial score (nSPS) is 10.4. The number of thioether (sulfide) groups is 1. The van der Waals surface area contributed by atoms with Gasteiger partial charge in [0.1, 0.15) is 5.82 Å². The molecule has 2 heterocycles. The zero-order chi connectivity index (χ0) is 17.7. The molecule has 4 nitrogen and oxygen atoms in total. The summed E-state index contributed by atoms with van der Waals surface area (Å²) in [4.78, 5) is 12.4. The molecule has 0 amide bonds. The van der Waals surface area contributed by atoms with E-state index in [-0.39, 0.29) is 0 Å². The molecule has 0 aliphatic heterocycles. The minimum absolute atomic E-state index is 0.752. The van der Waals surface area contributed by atoms with Gasteiger partial charge in [0.2, 0.25) is 5.78 Å². The van der Waals surface area contributed by atoms with E-state index in [1.54, 1.807) is 18.0 Å². The third-order valence-corrected chi connectivity index (χ3v) is 4.53. The molecule has 0 fully saturated rings. The fourth-order valence-electron chi connectivity index (χ4n) is 2.71. The molecule has 0 spiro atoms. The molecule has 5 heteroatoms. The van der Waals surface area contributed by atoms with E-state index in [0.717, 1.165) is 23.7 Å². The zero-order valence-electron chi connectivity index (χ0n) is 15.4. The highest BCUT2D eigenvalue weighted by Gasteiger charge is 2.15. The van der Waals surface area contributed by atoms with E-state index in [1.165, 1.54) is 16.0 Å². The maximum atomic E-state index is 4.63. The summed E-state index contributed by atoms with van der Waals surface area (Å²) in [6.07, 6.45) is 6.73. The fraction of sp³-hybridized carbons (Fsp3) is 0.368. The van der Waals surface area contributed by atoms with Gasteiger partial charge in [-0.25, -0.2) is 9.97 Å². The van der Waals surface area contributed by atoms with Crippen molar-refractivity contribution >= 4 is 23.4 Å². The largest absolute Gasteiger partial charge is 0.363 e. The van der Waals surface area contributed by atoms with E-state index in [9.17, 15) is 0 Å². The number of aryl methyl sites for hydroxylation is 1. The lowest BCUT2D eigenvalue weighted by molar-refractivity contribution is 0.938. The number of anilines is 1. The van der Waals surface area contributed by atoms with Gasteiger partial charge in [0, 0.05) is 49.1 Å². The van der Waals surface area contributed by atoms with Crippen LogP contribution in [0.15, 0.2) is 41.6 Å². The number of fused-ring (bicyclic) bond motifs is 1. The van der Waals surface area contributed by atoms with Gasteiger partial charge >= 0.3 is 0 Å². The Kier molecular flexibility index (Phi) is 6.26. The van der Waals surface area contributed by atoms with Crippen molar-refractivity contribution in [1.82, 2.24) is 14.4 Å². The van der Waals surface area contributed by atoms with Crippen molar-refractivity contribution in [3.63, 3.8) is 0 Å². The van der Waals surface area contributed by atoms with Crippen LogP contribution in [0.2, 0.25) is 0 Å². The first-order chi connectivity index (χ1) is 11.6. The maximum Gasteiger partial charge on any atom is 0.235 e. The third-order valence-electron chi connectivity index (χ3n) is 3.79. The van der Waals surface area contributed by atoms with Gasteiger partial charge in [0.15, 0.2) is 0 Å². The van der Waals surface area contributed by atoms with Crippen molar-refractivity contribution < 1.29 is 0 Å². The molecular weight excluding hydrogens is 316 g/mol. The predicted octanol–water partition coefficient (Wildman–Crippen LogP) is 4.44. The summed E-state index contributed by atoms with van der Waals surface area (Å²) in [6.45, 7) is 6.06. The Morgan fingerprint density at radius 1 is 1.12 bits per heavy atom. The number of benzene rings is 1. The molecule has 3 rings (SSSR count). The maximum absolute atomic E-state index is 4.63. The molecule has 128 valence electrons. The van der Waals surface area contributed by atoms with Gasteiger partial charge in [-0.05, 0) is 30.9 Å². The lowest BCUT2D eigenvalue weighted by atomic mass is 10.0. The van der Waals surface area contributed by atoms with Gasteiger partial charge in [-0.1, -0.05) is 26.0 Å². The summed E-state index contributed by atoms with van der Waals surface area (Å²) in [5.41, 5.74) is 3.58. The van der Waals surface area contributed by atoms with Crippen LogP contribution >= 0.6 is 11.8 Å². The van der Waals surface area contributed by atoms with Gasteiger partial charge in [0.25, 0.3) is 0 Å². The Labute approximate surface area is 148 Å². The highest BCUT2D eigenvalue weighted by atomic mass is 32.2. The number of hydrogen-bond donors (Lipinski definition) is 0. The highest BCUT2D eigenvalue weighted by Crippen LogP contribution is 2.26. The van der Waals surface area contributed by atoms with Gasteiger partial charge in [-0.3, -0.25) is 4.40 Å². The Morgan fingerprint density at radius 2 is 1.79 bits per heavy atom. The molecule has 0 atom stereocenters. The van der Waals surface area contributed by atoms with Crippen LogP contribution in [-0.4, -0.2) is 34.7 Å². The number of imidazole rings is 1. The van der Waals surface area contributed by atoms with E-state index in [2.05, 4.69) is 70.8 Å². The van der Waals surface area contributed by atoms with Crippen LogP contribution < -0.4 is 4.90 Å². The minimum Gasteiger partial charge on any atom is -0.363 e. The van der Waals surface area contributed by atoms with Crippen LogP contribution in [0.4, 0.5) is 5.82 Å². The molecule has 0 aliphatic rings. The average molecular weight is 343 g/mol. The van der Waals surface area contributed by atoms with Crippen LogP contribution in [0, 0.1) is 6.92 Å². The summed E-state index contributed by atoms with van der Waals surface area (Å²) in [7, 11) is 4.13. The summed E-state index contributed by atoms with van der Waals surface area (Å²) in [5.74, 6) is 1.90. The van der Waals surface area contributed by atoms with Crippen molar-refractivity contribution in [2.45, 2.75) is 32.1 Å². The number of rotatable bonds is 4. The molecule has 0 saturated heterocycles. The van der Waals surface area contributed by atoms with Crippen molar-refractivity contribution in [3.8, 4) is 0 Å². The van der Waals surface area contributed by atoms with Crippen LogP contribution in [0.25, 0.3) is 5.78 Å². The first-order valence-corrected chi connectivity index (χ1v) is 9.45. The number of aromatic nitrogens is 3. The number of nitrogens with zero attached hydrogens (tertiary/aromatic N) is 4. The summed E-state index contributed by atoms with van der Waals surface area (Å²) in [5, 5.41) is 0. The van der Waals surface area contributed by atoms with Crippen LogP contribution in [-0.2, 0) is 6.42 Å². The molecular formula is C19H26N4S. The fourth-order valence-corrected chi connectivity index (χ4v) is 3.12. The first kappa shape index (κ1) is 18.3. The Bertz CT molecular complexity index is 791. The zero-order valence-corrected chi connectivity index (χ0v) is 16.2. The molecule has 3 aromatic rings. The van der Waals surface area contributed by atoms with Gasteiger partial charge in [-0.2, -0.15) is 0 Å². The summed E-state index contributed by atoms with van der Waals surface area (Å²) in [6, 6.07) is 8.74. The molecule has 0 saturated carbocycles. The third kappa shape index (κ3) is 3.73. The minimum atomic E-state index is 0.752. The Morgan fingerprint density at radius 3 is 2.38 bits per heavy atom. The van der Waals surface area contributed by atoms with Crippen LogP contribution in [0.1, 0.15) is 30.7 Å². The summed E-state index contributed by atoms with van der Waals surface area (Å²) >= 11 is 1.77. The van der Waals surface area contributed by atoms with E-state index < -0.39 is 0 Å². The second kappa shape index (κ2) is 8.20. The van der Waals surface area contributed by atoms with Gasteiger partial charge < -0.3 is 4.90 Å². The Balaban J connectivity index is 0.00000100. The second-order valence-corrected chi connectivity index (χ2v) is 6.40. The van der Waals surface area contributed by atoms with Crippen LogP contribution in [0.5, 0.6) is 0 Å². The second-order valence-electron chi connectivity index (χ2n) is 5.52. The SMILES string of the molecule is CC.CSc1ccc(Cc2c(C)nc3nccn3c2N(C)C)cc1. The molecule has 0 N–H and O–H groups in total. The molecule has 0 aliphatic carbocycles. The molecule has 0 unspecified atom stereocenters. The lowest BCUT2D eigenvalue weighted by Crippen LogP contribution is -2.17. The van der Waals surface area contributed by atoms with Gasteiger partial charge in [0.05, 0.1) is 0 Å². The molecule has 2 aromatic heterocycles.